The summed E-state index contributed by atoms with van der Waals surface area (Å²) in [5.41, 5.74) is -0.389. The van der Waals surface area contributed by atoms with Crippen LogP contribution in [0.4, 0.5) is 5.69 Å². The number of unbranched alkanes of at least 4 members (excludes halogenated alkanes) is 2. The highest BCUT2D eigenvalue weighted by atomic mass is 35.5. The van der Waals surface area contributed by atoms with Crippen LogP contribution in [0.1, 0.15) is 56.7 Å². The fourth-order valence-electron chi connectivity index (χ4n) is 7.87. The molecule has 0 aliphatic carbocycles. The van der Waals surface area contributed by atoms with E-state index < -0.39 is 59.5 Å². The van der Waals surface area contributed by atoms with Gasteiger partial charge in [0.15, 0.2) is 0 Å². The topological polar surface area (TPSA) is 96.4 Å². The van der Waals surface area contributed by atoms with Gasteiger partial charge in [0.05, 0.1) is 41.5 Å². The number of carbonyl (C=O) groups excluding carboxylic acids is 3. The van der Waals surface area contributed by atoms with E-state index in [1.807, 2.05) is 69.3 Å². The number of benzene rings is 2. The fraction of sp³-hybridized carbons (Fsp3) is 0.472. The summed E-state index contributed by atoms with van der Waals surface area (Å²) in [6.07, 6.45) is 6.13. The lowest BCUT2D eigenvalue weighted by Crippen LogP contribution is -2.57. The summed E-state index contributed by atoms with van der Waals surface area (Å²) < 4.78 is 12.7. The van der Waals surface area contributed by atoms with E-state index in [9.17, 15) is 14.7 Å². The number of hydrogen-bond acceptors (Lipinski definition) is 6. The Kier molecular flexibility index (Phi) is 9.59. The Hall–Kier alpha value is -3.46. The minimum Gasteiger partial charge on any atom is -0.465 e. The quantitative estimate of drug-likeness (QED) is 0.170. The Labute approximate surface area is 270 Å². The van der Waals surface area contributed by atoms with Crippen LogP contribution in [-0.2, 0) is 23.9 Å². The van der Waals surface area contributed by atoms with Gasteiger partial charge in [-0.3, -0.25) is 14.4 Å². The number of aryl methyl sites for hydroxylation is 1. The largest absolute Gasteiger partial charge is 0.465 e. The molecule has 240 valence electrons. The zero-order chi connectivity index (χ0) is 32.5. The van der Waals surface area contributed by atoms with Crippen molar-refractivity contribution in [3.63, 3.8) is 0 Å². The zero-order valence-corrected chi connectivity index (χ0v) is 27.0. The van der Waals surface area contributed by atoms with Gasteiger partial charge >= 0.3 is 5.97 Å². The van der Waals surface area contributed by atoms with Gasteiger partial charge in [0.25, 0.3) is 5.91 Å². The summed E-state index contributed by atoms with van der Waals surface area (Å²) in [6, 6.07) is 12.5. The van der Waals surface area contributed by atoms with Crippen LogP contribution >= 0.6 is 11.6 Å². The van der Waals surface area contributed by atoms with Crippen LogP contribution in [0.25, 0.3) is 0 Å². The minimum absolute atomic E-state index is 0.126. The number of ether oxygens (including phenoxy) is 2. The lowest BCUT2D eigenvalue weighted by molar-refractivity contribution is -0.162. The normalized spacial score (nSPS) is 28.9. The molecule has 0 aromatic heterocycles. The number of esters is 1. The summed E-state index contributed by atoms with van der Waals surface area (Å²) in [5.74, 6) is -3.36. The van der Waals surface area contributed by atoms with E-state index >= 15 is 4.79 Å². The number of nitrogens with zero attached hydrogens (tertiary/aromatic N) is 2. The molecule has 3 saturated heterocycles. The first-order valence-electron chi connectivity index (χ1n) is 15.7. The number of rotatable bonds is 13. The average molecular weight is 635 g/mol. The highest BCUT2D eigenvalue weighted by molar-refractivity contribution is 6.34. The first kappa shape index (κ1) is 32.9. The predicted molar refractivity (Wildman–Crippen MR) is 174 cm³/mol. The maximum atomic E-state index is 15.1. The third-order valence-electron chi connectivity index (χ3n) is 10.0. The molecular formula is C36H43ClN2O6. The molecule has 2 bridgehead atoms. The summed E-state index contributed by atoms with van der Waals surface area (Å²) >= 11 is 6.69. The Morgan fingerprint density at radius 3 is 2.56 bits per heavy atom. The number of fused-ring (bicyclic) bond motifs is 1. The lowest BCUT2D eigenvalue weighted by atomic mass is 9.62. The van der Waals surface area contributed by atoms with Gasteiger partial charge in [0.1, 0.15) is 17.6 Å². The van der Waals surface area contributed by atoms with Crippen LogP contribution in [0.3, 0.4) is 0 Å². The maximum Gasteiger partial charge on any atom is 0.312 e. The third-order valence-corrected chi connectivity index (χ3v) is 10.3. The number of aliphatic hydroxyl groups excluding tert-OH is 1. The molecular weight excluding hydrogens is 592 g/mol. The molecule has 8 nitrogen and oxygen atoms in total. The van der Waals surface area contributed by atoms with Crippen molar-refractivity contribution < 1.29 is 29.0 Å². The number of carbonyl (C=O) groups is 3. The SMILES string of the molecule is C=CCCCCOC(=O)[C@@H]1[C@H]2C(=O)N([C@H](CO)c3ccccc3)C(C(=O)N(CC=C)c3c(C)cccc3Cl)C23CC(C)[C@@]1(C)O3. The number of allylic oxidation sites excluding steroid dienone is 1. The second-order valence-electron chi connectivity index (χ2n) is 12.7. The molecule has 3 unspecified atom stereocenters. The van der Waals surface area contributed by atoms with Gasteiger partial charge in [-0.15, -0.1) is 13.2 Å². The second-order valence-corrected chi connectivity index (χ2v) is 13.1. The molecule has 1 N–H and O–H groups in total. The zero-order valence-electron chi connectivity index (χ0n) is 26.3. The smallest absolute Gasteiger partial charge is 0.312 e. The number of para-hydroxylation sites is 1. The lowest BCUT2D eigenvalue weighted by Gasteiger charge is -2.40. The number of halogens is 1. The van der Waals surface area contributed by atoms with E-state index in [1.165, 1.54) is 4.90 Å². The Morgan fingerprint density at radius 1 is 1.18 bits per heavy atom. The molecule has 2 aromatic rings. The van der Waals surface area contributed by atoms with Gasteiger partial charge < -0.3 is 24.4 Å². The Morgan fingerprint density at radius 2 is 1.91 bits per heavy atom. The van der Waals surface area contributed by atoms with Crippen molar-refractivity contribution in [2.75, 3.05) is 24.7 Å². The molecule has 45 heavy (non-hydrogen) atoms. The molecule has 0 radical (unpaired) electrons. The third kappa shape index (κ3) is 5.41. The standard InChI is InChI=1S/C36H43ClN2O6/c1-6-8-9-13-20-44-34(43)29-28-32(41)39(27(22-40)25-16-11-10-12-17-25)31(36(28)21-24(4)35(29,5)45-36)33(42)38(19-7-2)30-23(3)15-14-18-26(30)37/h6-7,10-12,14-18,24,27-29,31,40H,1-2,8-9,13,19-22H2,3-5H3/t24?,27-,28+,29+,31?,35-,36?/m1/s1. The van der Waals surface area contributed by atoms with Gasteiger partial charge in [-0.2, -0.15) is 0 Å². The molecule has 2 amide bonds. The molecule has 3 heterocycles. The van der Waals surface area contributed by atoms with Crippen molar-refractivity contribution in [2.45, 2.75) is 69.7 Å². The highest BCUT2D eigenvalue weighted by Crippen LogP contribution is 2.66. The number of hydrogen-bond donors (Lipinski definition) is 1. The van der Waals surface area contributed by atoms with E-state index in [0.717, 1.165) is 18.4 Å². The molecule has 3 aliphatic heterocycles. The van der Waals surface area contributed by atoms with E-state index in [0.29, 0.717) is 29.1 Å². The van der Waals surface area contributed by atoms with Crippen LogP contribution in [0.2, 0.25) is 5.02 Å². The van der Waals surface area contributed by atoms with Crippen molar-refractivity contribution in [3.8, 4) is 0 Å². The average Bonchev–Trinajstić information content (AvgIpc) is 3.53. The molecule has 2 aromatic carbocycles. The second kappa shape index (κ2) is 13.1. The van der Waals surface area contributed by atoms with Crippen molar-refractivity contribution >= 4 is 35.1 Å². The Balaban J connectivity index is 1.64. The van der Waals surface area contributed by atoms with Crippen molar-refractivity contribution in [1.82, 2.24) is 4.90 Å². The summed E-state index contributed by atoms with van der Waals surface area (Å²) in [7, 11) is 0. The van der Waals surface area contributed by atoms with E-state index in [-0.39, 0.29) is 19.1 Å². The fourth-order valence-corrected chi connectivity index (χ4v) is 8.19. The molecule has 0 saturated carbocycles. The highest BCUT2D eigenvalue weighted by Gasteiger charge is 2.81. The van der Waals surface area contributed by atoms with E-state index in [2.05, 4.69) is 13.2 Å². The summed E-state index contributed by atoms with van der Waals surface area (Å²) in [5, 5.41) is 11.2. The van der Waals surface area contributed by atoms with Crippen molar-refractivity contribution in [3.05, 3.63) is 90.0 Å². The van der Waals surface area contributed by atoms with Gasteiger partial charge in [0, 0.05) is 6.54 Å². The monoisotopic (exact) mass is 634 g/mol. The molecule has 9 heteroatoms. The maximum absolute atomic E-state index is 15.1. The van der Waals surface area contributed by atoms with E-state index in [4.69, 9.17) is 21.1 Å². The number of anilines is 1. The van der Waals surface area contributed by atoms with E-state index in [1.54, 1.807) is 17.0 Å². The molecule has 3 fully saturated rings. The van der Waals surface area contributed by atoms with Crippen LogP contribution in [0.15, 0.2) is 73.8 Å². The van der Waals surface area contributed by atoms with Gasteiger partial charge in [-0.1, -0.05) is 73.1 Å². The summed E-state index contributed by atoms with van der Waals surface area (Å²) in [4.78, 5) is 46.7. The van der Waals surface area contributed by atoms with Gasteiger partial charge in [-0.05, 0) is 62.6 Å². The number of amides is 2. The number of likely N-dealkylation sites (tertiary alicyclic amines) is 1. The van der Waals surface area contributed by atoms with Gasteiger partial charge in [-0.25, -0.2) is 0 Å². The predicted octanol–water partition coefficient (Wildman–Crippen LogP) is 5.81. The molecule has 1 spiro atoms. The van der Waals surface area contributed by atoms with Crippen LogP contribution in [-0.4, -0.2) is 64.8 Å². The van der Waals surface area contributed by atoms with Crippen molar-refractivity contribution in [1.29, 1.82) is 0 Å². The number of aliphatic hydroxyl groups is 1. The van der Waals surface area contributed by atoms with Crippen LogP contribution in [0, 0.1) is 24.7 Å². The Bertz CT molecular complexity index is 1440. The summed E-state index contributed by atoms with van der Waals surface area (Å²) in [6.45, 7) is 13.3. The molecule has 3 aliphatic rings. The first-order valence-corrected chi connectivity index (χ1v) is 16.1. The van der Waals surface area contributed by atoms with Crippen LogP contribution in [0.5, 0.6) is 0 Å². The molecule has 7 atom stereocenters. The van der Waals surface area contributed by atoms with Gasteiger partial charge in [0.2, 0.25) is 5.91 Å². The first-order chi connectivity index (χ1) is 21.6. The van der Waals surface area contributed by atoms with Crippen molar-refractivity contribution in [2.24, 2.45) is 17.8 Å². The minimum atomic E-state index is -1.33. The van der Waals surface area contributed by atoms with Crippen LogP contribution < -0.4 is 4.90 Å². The molecule has 5 rings (SSSR count).